The van der Waals surface area contributed by atoms with E-state index in [2.05, 4.69) is 25.6 Å². The lowest BCUT2D eigenvalue weighted by Gasteiger charge is -2.07. The lowest BCUT2D eigenvalue weighted by Crippen LogP contribution is -2.11. The summed E-state index contributed by atoms with van der Waals surface area (Å²) in [5.41, 5.74) is 0.475. The van der Waals surface area contributed by atoms with Gasteiger partial charge in [-0.2, -0.15) is 0 Å². The number of thiophene rings is 1. The van der Waals surface area contributed by atoms with E-state index >= 15 is 0 Å². The molecule has 0 unspecified atom stereocenters. The molecule has 0 aromatic carbocycles. The molecule has 2 aromatic rings. The van der Waals surface area contributed by atoms with Crippen LogP contribution in [0.25, 0.3) is 0 Å². The molecule has 0 saturated heterocycles. The number of anilines is 1. The molecular weight excluding hydrogens is 312 g/mol. The van der Waals surface area contributed by atoms with Crippen LogP contribution in [0.5, 0.6) is 0 Å². The van der Waals surface area contributed by atoms with Crippen LogP contribution in [0.15, 0.2) is 44.7 Å². The fraction of sp³-hybridized carbons (Fsp3) is 0. The fourth-order valence-electron chi connectivity index (χ4n) is 1.07. The third kappa shape index (κ3) is 2.42. The maximum atomic E-state index is 11.9. The van der Waals surface area contributed by atoms with Gasteiger partial charge in [0.05, 0.1) is 10.2 Å². The molecule has 0 aliphatic rings. The molecule has 0 bridgehead atoms. The number of hydrogen-bond donors (Lipinski definition) is 1. The van der Waals surface area contributed by atoms with Crippen LogP contribution in [0.3, 0.4) is 0 Å². The first-order valence-electron chi connectivity index (χ1n) is 4.25. The van der Waals surface area contributed by atoms with Gasteiger partial charge < -0.3 is 0 Å². The van der Waals surface area contributed by atoms with Crippen LogP contribution in [-0.4, -0.2) is 13.4 Å². The van der Waals surface area contributed by atoms with Gasteiger partial charge in [-0.1, -0.05) is 6.07 Å². The molecule has 0 radical (unpaired) electrons. The maximum Gasteiger partial charge on any atom is 0.271 e. The van der Waals surface area contributed by atoms with Gasteiger partial charge in [0, 0.05) is 12.4 Å². The first-order chi connectivity index (χ1) is 7.59. The first kappa shape index (κ1) is 11.6. The molecule has 0 aliphatic heterocycles. The highest BCUT2D eigenvalue weighted by atomic mass is 79.9. The Labute approximate surface area is 106 Å². The first-order valence-corrected chi connectivity index (χ1v) is 7.41. The van der Waals surface area contributed by atoms with E-state index in [1.165, 1.54) is 23.7 Å². The Morgan fingerprint density at radius 1 is 1.38 bits per heavy atom. The second-order valence-corrected chi connectivity index (χ2v) is 6.60. The third-order valence-corrected chi connectivity index (χ3v) is 5.17. The Balaban J connectivity index is 2.33. The molecule has 0 atom stereocenters. The quantitative estimate of drug-likeness (QED) is 0.946. The SMILES string of the molecule is O=S(=O)(Nc1ccncc1Br)c1cccs1. The van der Waals surface area contributed by atoms with Crippen molar-refractivity contribution in [2.24, 2.45) is 0 Å². The van der Waals surface area contributed by atoms with Crippen molar-refractivity contribution in [1.82, 2.24) is 4.98 Å². The van der Waals surface area contributed by atoms with Gasteiger partial charge in [-0.05, 0) is 33.4 Å². The van der Waals surface area contributed by atoms with Crippen LogP contribution in [0.2, 0.25) is 0 Å². The number of halogens is 1. The Morgan fingerprint density at radius 3 is 2.81 bits per heavy atom. The van der Waals surface area contributed by atoms with E-state index in [1.807, 2.05) is 0 Å². The van der Waals surface area contributed by atoms with Crippen LogP contribution in [-0.2, 0) is 10.0 Å². The lowest BCUT2D eigenvalue weighted by molar-refractivity contribution is 0.603. The second-order valence-electron chi connectivity index (χ2n) is 2.89. The zero-order valence-corrected chi connectivity index (χ0v) is 11.1. The summed E-state index contributed by atoms with van der Waals surface area (Å²) in [7, 11) is -3.48. The van der Waals surface area contributed by atoms with Crippen molar-refractivity contribution in [3.63, 3.8) is 0 Å². The van der Waals surface area contributed by atoms with Crippen LogP contribution >= 0.6 is 27.3 Å². The number of hydrogen-bond acceptors (Lipinski definition) is 4. The van der Waals surface area contributed by atoms with Gasteiger partial charge in [-0.25, -0.2) is 8.42 Å². The van der Waals surface area contributed by atoms with Crippen molar-refractivity contribution in [2.75, 3.05) is 4.72 Å². The van der Waals surface area contributed by atoms with Gasteiger partial charge in [0.15, 0.2) is 0 Å². The third-order valence-electron chi connectivity index (χ3n) is 1.78. The van der Waals surface area contributed by atoms with E-state index < -0.39 is 10.0 Å². The minimum atomic E-state index is -3.48. The molecule has 16 heavy (non-hydrogen) atoms. The van der Waals surface area contributed by atoms with Gasteiger partial charge in [-0.15, -0.1) is 11.3 Å². The predicted octanol–water partition coefficient (Wildman–Crippen LogP) is 2.71. The number of aromatic nitrogens is 1. The van der Waals surface area contributed by atoms with E-state index in [0.717, 1.165) is 0 Å². The van der Waals surface area contributed by atoms with Gasteiger partial charge in [0.1, 0.15) is 4.21 Å². The average molecular weight is 319 g/mol. The number of pyridine rings is 1. The largest absolute Gasteiger partial charge is 0.278 e. The molecule has 1 N–H and O–H groups in total. The van der Waals surface area contributed by atoms with Crippen molar-refractivity contribution < 1.29 is 8.42 Å². The highest BCUT2D eigenvalue weighted by molar-refractivity contribution is 9.10. The summed E-state index contributed by atoms with van der Waals surface area (Å²) in [6.45, 7) is 0. The van der Waals surface area contributed by atoms with Crippen molar-refractivity contribution in [2.45, 2.75) is 4.21 Å². The number of sulfonamides is 1. The molecule has 0 fully saturated rings. The summed E-state index contributed by atoms with van der Waals surface area (Å²) in [6.07, 6.45) is 3.06. The second kappa shape index (κ2) is 4.52. The van der Waals surface area contributed by atoms with Crippen LogP contribution < -0.4 is 4.72 Å². The zero-order valence-electron chi connectivity index (χ0n) is 7.92. The van der Waals surface area contributed by atoms with Crippen molar-refractivity contribution in [3.8, 4) is 0 Å². The summed E-state index contributed by atoms with van der Waals surface area (Å²) in [4.78, 5) is 3.86. The summed E-state index contributed by atoms with van der Waals surface area (Å²) < 4.78 is 27.1. The molecule has 0 spiro atoms. The van der Waals surface area contributed by atoms with Gasteiger partial charge >= 0.3 is 0 Å². The Morgan fingerprint density at radius 2 is 2.19 bits per heavy atom. The Hall–Kier alpha value is -0.920. The Kier molecular flexibility index (Phi) is 3.27. The molecule has 0 amide bonds. The van der Waals surface area contributed by atoms with Gasteiger partial charge in [-0.3, -0.25) is 9.71 Å². The normalized spacial score (nSPS) is 11.3. The average Bonchev–Trinajstić information content (AvgIpc) is 2.75. The highest BCUT2D eigenvalue weighted by Gasteiger charge is 2.16. The monoisotopic (exact) mass is 318 g/mol. The van der Waals surface area contributed by atoms with Gasteiger partial charge in [0.2, 0.25) is 0 Å². The van der Waals surface area contributed by atoms with E-state index in [-0.39, 0.29) is 4.21 Å². The lowest BCUT2D eigenvalue weighted by atomic mass is 10.4. The van der Waals surface area contributed by atoms with Crippen molar-refractivity contribution >= 4 is 43.0 Å². The van der Waals surface area contributed by atoms with E-state index in [1.54, 1.807) is 23.6 Å². The molecule has 0 saturated carbocycles. The molecule has 4 nitrogen and oxygen atoms in total. The summed E-state index contributed by atoms with van der Waals surface area (Å²) in [5, 5.41) is 1.72. The molecular formula is C9H7BrN2O2S2. The summed E-state index contributed by atoms with van der Waals surface area (Å²) in [6, 6.07) is 4.85. The Bertz CT molecular complexity index is 581. The van der Waals surface area contributed by atoms with Crippen LogP contribution in [0, 0.1) is 0 Å². The van der Waals surface area contributed by atoms with E-state index in [0.29, 0.717) is 10.2 Å². The topological polar surface area (TPSA) is 59.1 Å². The fourth-order valence-corrected chi connectivity index (χ4v) is 3.62. The highest BCUT2D eigenvalue weighted by Crippen LogP contribution is 2.25. The molecule has 84 valence electrons. The number of nitrogens with one attached hydrogen (secondary N) is 1. The van der Waals surface area contributed by atoms with Crippen LogP contribution in [0.1, 0.15) is 0 Å². The predicted molar refractivity (Wildman–Crippen MR) is 67.1 cm³/mol. The molecule has 2 rings (SSSR count). The minimum absolute atomic E-state index is 0.288. The van der Waals surface area contributed by atoms with Gasteiger partial charge in [0.25, 0.3) is 10.0 Å². The van der Waals surface area contributed by atoms with Crippen LogP contribution in [0.4, 0.5) is 5.69 Å². The minimum Gasteiger partial charge on any atom is -0.278 e. The van der Waals surface area contributed by atoms with E-state index in [9.17, 15) is 8.42 Å². The number of nitrogens with zero attached hydrogens (tertiary/aromatic N) is 1. The summed E-state index contributed by atoms with van der Waals surface area (Å²) in [5.74, 6) is 0. The van der Waals surface area contributed by atoms with Crippen molar-refractivity contribution in [3.05, 3.63) is 40.4 Å². The standard InChI is InChI=1S/C9H7BrN2O2S2/c10-7-6-11-4-3-8(7)12-16(13,14)9-2-1-5-15-9/h1-6H,(H,11,12). The zero-order chi connectivity index (χ0) is 11.6. The molecule has 0 aliphatic carbocycles. The molecule has 2 heterocycles. The molecule has 2 aromatic heterocycles. The molecule has 7 heteroatoms. The smallest absolute Gasteiger partial charge is 0.271 e. The summed E-state index contributed by atoms with van der Waals surface area (Å²) >= 11 is 4.40. The number of rotatable bonds is 3. The maximum absolute atomic E-state index is 11.9. The van der Waals surface area contributed by atoms with Crippen molar-refractivity contribution in [1.29, 1.82) is 0 Å². The van der Waals surface area contributed by atoms with E-state index in [4.69, 9.17) is 0 Å².